The monoisotopic (exact) mass is 300 g/mol. The minimum absolute atomic E-state index is 0.0627. The fraction of sp³-hybridized carbons (Fsp3) is 0.471. The van der Waals surface area contributed by atoms with Crippen molar-refractivity contribution in [2.45, 2.75) is 51.2 Å². The van der Waals surface area contributed by atoms with Crippen LogP contribution in [0.25, 0.3) is 10.9 Å². The van der Waals surface area contributed by atoms with Crippen LogP contribution in [0.2, 0.25) is 0 Å². The van der Waals surface area contributed by atoms with Crippen LogP contribution < -0.4 is 5.56 Å². The van der Waals surface area contributed by atoms with E-state index in [2.05, 4.69) is 4.98 Å². The maximum atomic E-state index is 12.3. The lowest BCUT2D eigenvalue weighted by atomic mass is 9.98. The third kappa shape index (κ3) is 3.35. The molecule has 0 bridgehead atoms. The number of para-hydroxylation sites is 1. The molecule has 5 nitrogen and oxygen atoms in total. The van der Waals surface area contributed by atoms with Gasteiger partial charge in [-0.2, -0.15) is 0 Å². The quantitative estimate of drug-likeness (QED) is 0.814. The first-order valence-electron chi connectivity index (χ1n) is 7.88. The van der Waals surface area contributed by atoms with E-state index in [9.17, 15) is 9.59 Å². The van der Waals surface area contributed by atoms with Gasteiger partial charge in [-0.25, -0.2) is 4.98 Å². The van der Waals surface area contributed by atoms with Crippen molar-refractivity contribution < 1.29 is 9.53 Å². The first-order valence-corrected chi connectivity index (χ1v) is 7.88. The Kier molecular flexibility index (Phi) is 4.51. The second kappa shape index (κ2) is 6.73. The molecule has 1 heterocycles. The van der Waals surface area contributed by atoms with E-state index in [1.165, 1.54) is 17.3 Å². The van der Waals surface area contributed by atoms with Gasteiger partial charge in [0.15, 0.2) is 0 Å². The van der Waals surface area contributed by atoms with Crippen molar-refractivity contribution in [2.24, 2.45) is 0 Å². The maximum absolute atomic E-state index is 12.3. The number of benzene rings is 1. The summed E-state index contributed by atoms with van der Waals surface area (Å²) in [5.74, 6) is -0.230. The van der Waals surface area contributed by atoms with Crippen LogP contribution in [-0.4, -0.2) is 21.6 Å². The fourth-order valence-electron chi connectivity index (χ4n) is 2.90. The van der Waals surface area contributed by atoms with Gasteiger partial charge in [-0.3, -0.25) is 14.2 Å². The Morgan fingerprint density at radius 2 is 2.00 bits per heavy atom. The number of nitrogens with zero attached hydrogens (tertiary/aromatic N) is 2. The molecule has 5 heteroatoms. The molecule has 116 valence electrons. The minimum Gasteiger partial charge on any atom is -0.462 e. The van der Waals surface area contributed by atoms with Gasteiger partial charge in [0.1, 0.15) is 6.10 Å². The van der Waals surface area contributed by atoms with E-state index < -0.39 is 0 Å². The minimum atomic E-state index is -0.230. The number of carbonyl (C=O) groups is 1. The van der Waals surface area contributed by atoms with E-state index in [4.69, 9.17) is 4.74 Å². The van der Waals surface area contributed by atoms with Gasteiger partial charge in [-0.05, 0) is 37.8 Å². The van der Waals surface area contributed by atoms with Gasteiger partial charge in [-0.15, -0.1) is 0 Å². The van der Waals surface area contributed by atoms with E-state index in [0.29, 0.717) is 17.4 Å². The summed E-state index contributed by atoms with van der Waals surface area (Å²) in [6, 6.07) is 7.22. The maximum Gasteiger partial charge on any atom is 0.307 e. The molecule has 0 saturated heterocycles. The molecule has 1 aliphatic rings. The van der Waals surface area contributed by atoms with Crippen LogP contribution in [0.3, 0.4) is 0 Å². The number of rotatable bonds is 4. The predicted octanol–water partition coefficient (Wildman–Crippen LogP) is 2.66. The molecule has 1 saturated carbocycles. The predicted molar refractivity (Wildman–Crippen MR) is 83.6 cm³/mol. The number of hydrogen-bond acceptors (Lipinski definition) is 4. The van der Waals surface area contributed by atoms with E-state index in [1.54, 1.807) is 12.1 Å². The highest BCUT2D eigenvalue weighted by atomic mass is 16.5. The summed E-state index contributed by atoms with van der Waals surface area (Å²) < 4.78 is 6.94. The number of esters is 1. The number of carbonyl (C=O) groups excluding carboxylic acids is 1. The van der Waals surface area contributed by atoms with E-state index in [1.807, 2.05) is 12.1 Å². The summed E-state index contributed by atoms with van der Waals surface area (Å²) in [4.78, 5) is 28.4. The largest absolute Gasteiger partial charge is 0.462 e. The van der Waals surface area contributed by atoms with Crippen molar-refractivity contribution >= 4 is 16.9 Å². The Hall–Kier alpha value is -2.17. The summed E-state index contributed by atoms with van der Waals surface area (Å²) in [5, 5.41) is 0.575. The van der Waals surface area contributed by atoms with Crippen LogP contribution in [-0.2, 0) is 16.1 Å². The number of fused-ring (bicyclic) bond motifs is 1. The van der Waals surface area contributed by atoms with Crippen LogP contribution in [0.1, 0.15) is 38.5 Å². The third-order valence-electron chi connectivity index (χ3n) is 4.14. The number of hydrogen-bond donors (Lipinski definition) is 0. The van der Waals surface area contributed by atoms with Gasteiger partial charge in [0.2, 0.25) is 0 Å². The molecule has 0 aliphatic heterocycles. The lowest BCUT2D eigenvalue weighted by Crippen LogP contribution is -2.25. The average Bonchev–Trinajstić information content (AvgIpc) is 2.55. The molecule has 1 aliphatic carbocycles. The number of ether oxygens (including phenoxy) is 1. The van der Waals surface area contributed by atoms with E-state index in [-0.39, 0.29) is 24.1 Å². The summed E-state index contributed by atoms with van der Waals surface area (Å²) in [7, 11) is 0. The summed E-state index contributed by atoms with van der Waals surface area (Å²) in [6.45, 7) is 0.308. The molecule has 0 spiro atoms. The van der Waals surface area contributed by atoms with Crippen LogP contribution >= 0.6 is 0 Å². The van der Waals surface area contributed by atoms with Crippen molar-refractivity contribution in [3.05, 3.63) is 40.9 Å². The number of aryl methyl sites for hydroxylation is 1. The smallest absolute Gasteiger partial charge is 0.307 e. The van der Waals surface area contributed by atoms with Crippen LogP contribution in [0, 0.1) is 0 Å². The fourth-order valence-corrected chi connectivity index (χ4v) is 2.90. The summed E-state index contributed by atoms with van der Waals surface area (Å²) >= 11 is 0. The van der Waals surface area contributed by atoms with Gasteiger partial charge in [0, 0.05) is 6.54 Å². The van der Waals surface area contributed by atoms with Crippen molar-refractivity contribution in [1.29, 1.82) is 0 Å². The molecule has 3 rings (SSSR count). The first-order chi connectivity index (χ1) is 10.7. The Balaban J connectivity index is 1.62. The van der Waals surface area contributed by atoms with Crippen LogP contribution in [0.5, 0.6) is 0 Å². The van der Waals surface area contributed by atoms with Crippen molar-refractivity contribution in [3.63, 3.8) is 0 Å². The molecule has 0 amide bonds. The molecule has 0 unspecified atom stereocenters. The molecule has 0 atom stereocenters. The Labute approximate surface area is 128 Å². The lowest BCUT2D eigenvalue weighted by Gasteiger charge is -2.21. The molecule has 2 aromatic rings. The topological polar surface area (TPSA) is 61.2 Å². The summed E-state index contributed by atoms with van der Waals surface area (Å²) in [5.41, 5.74) is 0.560. The Bertz CT molecular complexity index is 717. The Morgan fingerprint density at radius 3 is 2.82 bits per heavy atom. The van der Waals surface area contributed by atoms with Crippen LogP contribution in [0.15, 0.2) is 35.4 Å². The number of aromatic nitrogens is 2. The van der Waals surface area contributed by atoms with Gasteiger partial charge in [-0.1, -0.05) is 18.6 Å². The van der Waals surface area contributed by atoms with Crippen molar-refractivity contribution in [3.8, 4) is 0 Å². The molecule has 1 aromatic heterocycles. The first kappa shape index (κ1) is 14.8. The van der Waals surface area contributed by atoms with Gasteiger partial charge in [0.25, 0.3) is 5.56 Å². The van der Waals surface area contributed by atoms with E-state index >= 15 is 0 Å². The highest BCUT2D eigenvalue weighted by molar-refractivity contribution is 5.77. The summed E-state index contributed by atoms with van der Waals surface area (Å²) in [6.07, 6.45) is 7.18. The van der Waals surface area contributed by atoms with Crippen molar-refractivity contribution in [2.75, 3.05) is 0 Å². The second-order valence-electron chi connectivity index (χ2n) is 5.76. The molecular formula is C17H20N2O3. The molecule has 1 aromatic carbocycles. The highest BCUT2D eigenvalue weighted by Gasteiger charge is 2.17. The normalized spacial score (nSPS) is 15.8. The third-order valence-corrected chi connectivity index (χ3v) is 4.14. The van der Waals surface area contributed by atoms with Gasteiger partial charge >= 0.3 is 5.97 Å². The molecular weight excluding hydrogens is 280 g/mol. The van der Waals surface area contributed by atoms with Gasteiger partial charge in [0.05, 0.1) is 23.7 Å². The van der Waals surface area contributed by atoms with Gasteiger partial charge < -0.3 is 4.74 Å². The zero-order valence-corrected chi connectivity index (χ0v) is 12.5. The second-order valence-corrected chi connectivity index (χ2v) is 5.76. The average molecular weight is 300 g/mol. The van der Waals surface area contributed by atoms with Crippen molar-refractivity contribution in [1.82, 2.24) is 9.55 Å². The SMILES string of the molecule is O=C(CCn1cnc2ccccc2c1=O)OC1CCCCC1. The molecule has 0 N–H and O–H groups in total. The standard InChI is InChI=1S/C17H20N2O3/c20-16(22-13-6-2-1-3-7-13)10-11-19-12-18-15-9-5-4-8-14(15)17(19)21/h4-5,8-9,12-13H,1-3,6-7,10-11H2. The zero-order chi connectivity index (χ0) is 15.4. The molecule has 22 heavy (non-hydrogen) atoms. The highest BCUT2D eigenvalue weighted by Crippen LogP contribution is 2.20. The van der Waals surface area contributed by atoms with Crippen LogP contribution in [0.4, 0.5) is 0 Å². The molecule has 1 fully saturated rings. The zero-order valence-electron chi connectivity index (χ0n) is 12.5. The lowest BCUT2D eigenvalue weighted by molar-refractivity contribution is -0.150. The molecule has 0 radical (unpaired) electrons. The van der Waals surface area contributed by atoms with E-state index in [0.717, 1.165) is 25.7 Å². The Morgan fingerprint density at radius 1 is 1.23 bits per heavy atom.